The third kappa shape index (κ3) is 4.49. The van der Waals surface area contributed by atoms with Crippen LogP contribution in [0.2, 0.25) is 0 Å². The zero-order valence-electron chi connectivity index (χ0n) is 15.2. The van der Waals surface area contributed by atoms with E-state index in [1.807, 2.05) is 11.8 Å². The van der Waals surface area contributed by atoms with E-state index in [9.17, 15) is 0 Å². The molecule has 27 heavy (non-hydrogen) atoms. The maximum absolute atomic E-state index is 4.87. The van der Waals surface area contributed by atoms with Gasteiger partial charge in [-0.1, -0.05) is 90.5 Å². The van der Waals surface area contributed by atoms with Crippen LogP contribution in [0.1, 0.15) is 27.6 Å². The number of hydrogen-bond donors (Lipinski definition) is 0. The van der Waals surface area contributed by atoms with Gasteiger partial charge in [-0.2, -0.15) is 0 Å². The predicted molar refractivity (Wildman–Crippen MR) is 118 cm³/mol. The number of aromatic nitrogens is 1. The van der Waals surface area contributed by atoms with E-state index in [0.29, 0.717) is 5.25 Å². The van der Waals surface area contributed by atoms with Gasteiger partial charge in [-0.05, 0) is 18.1 Å². The number of aryl methyl sites for hydroxylation is 1. The molecular formula is C24H21NS2. The molecule has 4 aromatic rings. The molecule has 0 radical (unpaired) electrons. The first-order valence-corrected chi connectivity index (χ1v) is 11.0. The monoisotopic (exact) mass is 387 g/mol. The van der Waals surface area contributed by atoms with Crippen molar-refractivity contribution in [3.63, 3.8) is 0 Å². The molecule has 1 heterocycles. The quantitative estimate of drug-likeness (QED) is 0.349. The third-order valence-corrected chi connectivity index (χ3v) is 6.73. The smallest absolute Gasteiger partial charge is 0.123 e. The van der Waals surface area contributed by atoms with Crippen molar-refractivity contribution in [3.8, 4) is 10.6 Å². The largest absolute Gasteiger partial charge is 0.240 e. The second kappa shape index (κ2) is 8.55. The van der Waals surface area contributed by atoms with Gasteiger partial charge in [-0.25, -0.2) is 4.98 Å². The normalized spacial score (nSPS) is 11.0. The maximum atomic E-state index is 4.87. The van der Waals surface area contributed by atoms with E-state index in [1.165, 1.54) is 22.3 Å². The Morgan fingerprint density at radius 2 is 1.41 bits per heavy atom. The van der Waals surface area contributed by atoms with Gasteiger partial charge in [-0.3, -0.25) is 0 Å². The summed E-state index contributed by atoms with van der Waals surface area (Å²) in [5.41, 5.74) is 6.30. The molecule has 0 atom stereocenters. The van der Waals surface area contributed by atoms with Crippen molar-refractivity contribution in [1.82, 2.24) is 4.98 Å². The highest BCUT2D eigenvalue weighted by molar-refractivity contribution is 7.98. The molecule has 0 spiro atoms. The van der Waals surface area contributed by atoms with E-state index in [0.717, 1.165) is 16.5 Å². The summed E-state index contributed by atoms with van der Waals surface area (Å²) >= 11 is 3.66. The number of hydrogen-bond acceptors (Lipinski definition) is 3. The molecule has 0 N–H and O–H groups in total. The second-order valence-corrected chi connectivity index (χ2v) is 8.47. The van der Waals surface area contributed by atoms with Crippen molar-refractivity contribution in [3.05, 3.63) is 113 Å². The molecule has 1 aromatic heterocycles. The van der Waals surface area contributed by atoms with Crippen LogP contribution in [-0.2, 0) is 5.75 Å². The Morgan fingerprint density at radius 1 is 0.815 bits per heavy atom. The van der Waals surface area contributed by atoms with E-state index in [2.05, 4.69) is 97.2 Å². The molecule has 1 nitrogen and oxygen atoms in total. The standard InChI is InChI=1S/C24H21NS2/c1-18-12-14-21(15-13-18)24-25-22(17-27-24)16-26-23(19-8-4-2-5-9-19)20-10-6-3-7-11-20/h2-15,17,23H,16H2,1H3. The van der Waals surface area contributed by atoms with Crippen LogP contribution < -0.4 is 0 Å². The third-order valence-electron chi connectivity index (χ3n) is 4.45. The van der Waals surface area contributed by atoms with Gasteiger partial charge < -0.3 is 0 Å². The fourth-order valence-electron chi connectivity index (χ4n) is 3.01. The minimum Gasteiger partial charge on any atom is -0.240 e. The topological polar surface area (TPSA) is 12.9 Å². The highest BCUT2D eigenvalue weighted by Crippen LogP contribution is 2.38. The summed E-state index contributed by atoms with van der Waals surface area (Å²) in [4.78, 5) is 4.87. The van der Waals surface area contributed by atoms with E-state index in [-0.39, 0.29) is 0 Å². The van der Waals surface area contributed by atoms with Gasteiger partial charge in [0.15, 0.2) is 0 Å². The van der Waals surface area contributed by atoms with Gasteiger partial charge in [0.1, 0.15) is 5.01 Å². The Bertz CT molecular complexity index is 936. The van der Waals surface area contributed by atoms with Crippen LogP contribution in [0.5, 0.6) is 0 Å². The fourth-order valence-corrected chi connectivity index (χ4v) is 5.13. The van der Waals surface area contributed by atoms with Crippen molar-refractivity contribution in [2.45, 2.75) is 17.9 Å². The van der Waals surface area contributed by atoms with E-state index < -0.39 is 0 Å². The number of thioether (sulfide) groups is 1. The molecule has 134 valence electrons. The minimum atomic E-state index is 0.317. The van der Waals surface area contributed by atoms with Gasteiger partial charge >= 0.3 is 0 Å². The molecule has 0 saturated heterocycles. The minimum absolute atomic E-state index is 0.317. The van der Waals surface area contributed by atoms with Crippen LogP contribution in [0, 0.1) is 6.92 Å². The first kappa shape index (κ1) is 18.0. The first-order chi connectivity index (χ1) is 13.3. The van der Waals surface area contributed by atoms with Crippen molar-refractivity contribution >= 4 is 23.1 Å². The molecule has 0 fully saturated rings. The van der Waals surface area contributed by atoms with Crippen molar-refractivity contribution < 1.29 is 0 Å². The van der Waals surface area contributed by atoms with Crippen molar-refractivity contribution in [2.75, 3.05) is 0 Å². The van der Waals surface area contributed by atoms with Crippen molar-refractivity contribution in [1.29, 1.82) is 0 Å². The van der Waals surface area contributed by atoms with Crippen molar-refractivity contribution in [2.24, 2.45) is 0 Å². The molecule has 0 aliphatic carbocycles. The molecule has 4 rings (SSSR count). The maximum Gasteiger partial charge on any atom is 0.123 e. The molecule has 3 heteroatoms. The van der Waals surface area contributed by atoms with Crippen LogP contribution in [0.25, 0.3) is 10.6 Å². The van der Waals surface area contributed by atoms with Crippen LogP contribution in [0.15, 0.2) is 90.3 Å². The molecular weight excluding hydrogens is 366 g/mol. The Labute approximate surface area is 169 Å². The lowest BCUT2D eigenvalue weighted by Gasteiger charge is -2.17. The van der Waals surface area contributed by atoms with Gasteiger partial charge in [-0.15, -0.1) is 23.1 Å². The predicted octanol–water partition coefficient (Wildman–Crippen LogP) is 7.14. The zero-order valence-corrected chi connectivity index (χ0v) is 16.8. The Balaban J connectivity index is 1.52. The molecule has 0 aliphatic heterocycles. The second-order valence-electron chi connectivity index (χ2n) is 6.52. The highest BCUT2D eigenvalue weighted by atomic mass is 32.2. The Kier molecular flexibility index (Phi) is 5.71. The molecule has 0 amide bonds. The van der Waals surface area contributed by atoms with Crippen LogP contribution in [0.4, 0.5) is 0 Å². The van der Waals surface area contributed by atoms with E-state index >= 15 is 0 Å². The van der Waals surface area contributed by atoms with Gasteiger partial charge in [0.05, 0.1) is 10.9 Å². The Hall–Kier alpha value is -2.36. The lowest BCUT2D eigenvalue weighted by atomic mass is 10.0. The van der Waals surface area contributed by atoms with Gasteiger partial charge in [0.2, 0.25) is 0 Å². The lowest BCUT2D eigenvalue weighted by molar-refractivity contribution is 1.14. The summed E-state index contributed by atoms with van der Waals surface area (Å²) < 4.78 is 0. The van der Waals surface area contributed by atoms with Crippen LogP contribution >= 0.6 is 23.1 Å². The Morgan fingerprint density at radius 3 is 2.00 bits per heavy atom. The summed E-state index contributed by atoms with van der Waals surface area (Å²) in [5.74, 6) is 0.900. The number of thiazole rings is 1. The van der Waals surface area contributed by atoms with E-state index in [1.54, 1.807) is 11.3 Å². The molecule has 0 aliphatic rings. The number of nitrogens with zero attached hydrogens (tertiary/aromatic N) is 1. The number of rotatable bonds is 6. The summed E-state index contributed by atoms with van der Waals surface area (Å²) in [6.45, 7) is 2.11. The average Bonchev–Trinajstić information content (AvgIpc) is 3.19. The lowest BCUT2D eigenvalue weighted by Crippen LogP contribution is -1.97. The SMILES string of the molecule is Cc1ccc(-c2nc(CSC(c3ccccc3)c3ccccc3)cs2)cc1. The zero-order chi connectivity index (χ0) is 18.5. The van der Waals surface area contributed by atoms with Crippen LogP contribution in [-0.4, -0.2) is 4.98 Å². The summed E-state index contributed by atoms with van der Waals surface area (Å²) in [5, 5.41) is 3.60. The first-order valence-electron chi connectivity index (χ1n) is 9.02. The fraction of sp³-hybridized carbons (Fsp3) is 0.125. The molecule has 0 unspecified atom stereocenters. The number of benzene rings is 3. The summed E-state index contributed by atoms with van der Waals surface area (Å²) in [6.07, 6.45) is 0. The average molecular weight is 388 g/mol. The molecule has 3 aromatic carbocycles. The summed E-state index contributed by atoms with van der Waals surface area (Å²) in [6, 6.07) is 30.1. The van der Waals surface area contributed by atoms with E-state index in [4.69, 9.17) is 4.98 Å². The molecule has 0 bridgehead atoms. The molecule has 0 saturated carbocycles. The highest BCUT2D eigenvalue weighted by Gasteiger charge is 2.15. The summed E-state index contributed by atoms with van der Waals surface area (Å²) in [7, 11) is 0. The van der Waals surface area contributed by atoms with Crippen LogP contribution in [0.3, 0.4) is 0 Å². The van der Waals surface area contributed by atoms with Gasteiger partial charge in [0, 0.05) is 16.7 Å². The van der Waals surface area contributed by atoms with Gasteiger partial charge in [0.25, 0.3) is 0 Å².